The summed E-state index contributed by atoms with van der Waals surface area (Å²) in [7, 11) is 0. The van der Waals surface area contributed by atoms with E-state index >= 15 is 0 Å². The van der Waals surface area contributed by atoms with Gasteiger partial charge in [-0.2, -0.15) is 0 Å². The van der Waals surface area contributed by atoms with Crippen LogP contribution in [0.4, 0.5) is 0 Å². The van der Waals surface area contributed by atoms with Crippen molar-refractivity contribution in [3.63, 3.8) is 0 Å². The van der Waals surface area contributed by atoms with Crippen LogP contribution in [0, 0.1) is 0 Å². The summed E-state index contributed by atoms with van der Waals surface area (Å²) >= 11 is 0. The number of likely N-dealkylation sites (tertiary alicyclic amines) is 1. The third-order valence-corrected chi connectivity index (χ3v) is 5.16. The van der Waals surface area contributed by atoms with E-state index < -0.39 is 0 Å². The van der Waals surface area contributed by atoms with Crippen molar-refractivity contribution in [1.82, 2.24) is 10.2 Å². The molecule has 1 fully saturated rings. The Bertz CT molecular complexity index is 738. The summed E-state index contributed by atoms with van der Waals surface area (Å²) in [5.41, 5.74) is 4.14. The van der Waals surface area contributed by atoms with Crippen molar-refractivity contribution in [3.8, 4) is 11.1 Å². The van der Waals surface area contributed by atoms with Crippen LogP contribution in [0.5, 0.6) is 0 Å². The summed E-state index contributed by atoms with van der Waals surface area (Å²) in [6.45, 7) is 4.72. The van der Waals surface area contributed by atoms with Crippen LogP contribution in [0.3, 0.4) is 0 Å². The van der Waals surface area contributed by atoms with Crippen molar-refractivity contribution in [3.05, 3.63) is 59.7 Å². The minimum absolute atomic E-state index is 0.0399. The SMILES string of the molecule is CC1CCCN1CCc1ccc(-c2ccc(C(=O)NCC=O)cc2)cc1. The van der Waals surface area contributed by atoms with Gasteiger partial charge in [-0.1, -0.05) is 36.4 Å². The van der Waals surface area contributed by atoms with E-state index in [9.17, 15) is 9.59 Å². The molecule has 0 spiro atoms. The second kappa shape index (κ2) is 8.77. The maximum absolute atomic E-state index is 11.8. The van der Waals surface area contributed by atoms with Crippen molar-refractivity contribution >= 4 is 12.2 Å². The zero-order valence-corrected chi connectivity index (χ0v) is 15.3. The van der Waals surface area contributed by atoms with E-state index in [2.05, 4.69) is 41.4 Å². The van der Waals surface area contributed by atoms with Crippen LogP contribution in [0.15, 0.2) is 48.5 Å². The summed E-state index contributed by atoms with van der Waals surface area (Å²) in [5, 5.41) is 2.54. The fourth-order valence-electron chi connectivity index (χ4n) is 3.51. The molecule has 2 aromatic carbocycles. The van der Waals surface area contributed by atoms with Crippen molar-refractivity contribution in [2.75, 3.05) is 19.6 Å². The lowest BCUT2D eigenvalue weighted by Gasteiger charge is -2.20. The summed E-state index contributed by atoms with van der Waals surface area (Å²) in [6.07, 6.45) is 4.41. The monoisotopic (exact) mass is 350 g/mol. The number of nitrogens with one attached hydrogen (secondary N) is 1. The van der Waals surface area contributed by atoms with E-state index in [4.69, 9.17) is 0 Å². The Morgan fingerprint density at radius 2 is 1.77 bits per heavy atom. The first kappa shape index (κ1) is 18.3. The van der Waals surface area contributed by atoms with Crippen LogP contribution < -0.4 is 5.32 Å². The molecular weight excluding hydrogens is 324 g/mol. The fourth-order valence-corrected chi connectivity index (χ4v) is 3.51. The molecule has 136 valence electrons. The number of hydrogen-bond acceptors (Lipinski definition) is 3. The predicted molar refractivity (Wildman–Crippen MR) is 104 cm³/mol. The molecule has 1 N–H and O–H groups in total. The fraction of sp³-hybridized carbons (Fsp3) is 0.364. The Hall–Kier alpha value is -2.46. The lowest BCUT2D eigenvalue weighted by molar-refractivity contribution is -0.107. The minimum Gasteiger partial charge on any atom is -0.345 e. The van der Waals surface area contributed by atoms with Gasteiger partial charge < -0.3 is 15.0 Å². The van der Waals surface area contributed by atoms with Crippen molar-refractivity contribution in [2.45, 2.75) is 32.2 Å². The smallest absolute Gasteiger partial charge is 0.251 e. The molecule has 0 radical (unpaired) electrons. The van der Waals surface area contributed by atoms with Crippen molar-refractivity contribution in [2.24, 2.45) is 0 Å². The molecule has 0 aromatic heterocycles. The standard InChI is InChI=1S/C22H26N2O2/c1-17-3-2-14-24(17)15-12-18-4-6-19(7-5-18)20-8-10-21(11-9-20)22(26)23-13-16-25/h4-11,16-17H,2-3,12-15H2,1H3,(H,23,26). The highest BCUT2D eigenvalue weighted by Crippen LogP contribution is 2.21. The second-order valence-corrected chi connectivity index (χ2v) is 6.93. The maximum atomic E-state index is 11.8. The van der Waals surface area contributed by atoms with Gasteiger partial charge in [0.2, 0.25) is 0 Å². The zero-order valence-electron chi connectivity index (χ0n) is 15.3. The number of hydrogen-bond donors (Lipinski definition) is 1. The van der Waals surface area contributed by atoms with Gasteiger partial charge in [-0.3, -0.25) is 4.79 Å². The number of nitrogens with zero attached hydrogens (tertiary/aromatic N) is 1. The topological polar surface area (TPSA) is 49.4 Å². The first-order valence-electron chi connectivity index (χ1n) is 9.32. The Labute approximate surface area is 155 Å². The average molecular weight is 350 g/mol. The number of aldehydes is 1. The molecule has 1 amide bonds. The van der Waals surface area contributed by atoms with Gasteiger partial charge in [0.1, 0.15) is 6.29 Å². The molecule has 4 heteroatoms. The Kier molecular flexibility index (Phi) is 6.18. The molecule has 0 saturated carbocycles. The molecule has 4 nitrogen and oxygen atoms in total. The average Bonchev–Trinajstić information content (AvgIpc) is 3.10. The molecule has 0 aliphatic carbocycles. The Balaban J connectivity index is 1.59. The van der Waals surface area contributed by atoms with Gasteiger partial charge in [-0.25, -0.2) is 0 Å². The van der Waals surface area contributed by atoms with Gasteiger partial charge in [0, 0.05) is 18.2 Å². The highest BCUT2D eigenvalue weighted by molar-refractivity contribution is 5.95. The molecule has 1 saturated heterocycles. The lowest BCUT2D eigenvalue weighted by Crippen LogP contribution is -2.28. The highest BCUT2D eigenvalue weighted by Gasteiger charge is 2.19. The van der Waals surface area contributed by atoms with Crippen LogP contribution in [-0.4, -0.2) is 42.8 Å². The Morgan fingerprint density at radius 1 is 1.12 bits per heavy atom. The first-order valence-corrected chi connectivity index (χ1v) is 9.32. The number of benzene rings is 2. The van der Waals surface area contributed by atoms with Crippen LogP contribution in [0.1, 0.15) is 35.7 Å². The third-order valence-electron chi connectivity index (χ3n) is 5.16. The van der Waals surface area contributed by atoms with Crippen LogP contribution in [-0.2, 0) is 11.2 Å². The maximum Gasteiger partial charge on any atom is 0.251 e. The normalized spacial score (nSPS) is 17.2. The van der Waals surface area contributed by atoms with Gasteiger partial charge in [0.15, 0.2) is 0 Å². The molecule has 1 atom stereocenters. The van der Waals surface area contributed by atoms with E-state index in [-0.39, 0.29) is 12.5 Å². The number of amides is 1. The quantitative estimate of drug-likeness (QED) is 0.780. The van der Waals surface area contributed by atoms with Crippen LogP contribution in [0.2, 0.25) is 0 Å². The minimum atomic E-state index is -0.227. The van der Waals surface area contributed by atoms with Crippen LogP contribution >= 0.6 is 0 Å². The van der Waals surface area contributed by atoms with Gasteiger partial charge in [0.25, 0.3) is 5.91 Å². The molecule has 1 heterocycles. The molecule has 2 aromatic rings. The van der Waals surface area contributed by atoms with Gasteiger partial charge in [-0.05, 0) is 61.6 Å². The molecule has 26 heavy (non-hydrogen) atoms. The molecule has 1 aliphatic rings. The molecule has 1 unspecified atom stereocenters. The van der Waals surface area contributed by atoms with Crippen LogP contribution in [0.25, 0.3) is 11.1 Å². The largest absolute Gasteiger partial charge is 0.345 e. The summed E-state index contributed by atoms with van der Waals surface area (Å²) in [4.78, 5) is 24.7. The van der Waals surface area contributed by atoms with E-state index in [1.54, 1.807) is 12.1 Å². The van der Waals surface area contributed by atoms with Gasteiger partial charge in [0.05, 0.1) is 6.54 Å². The highest BCUT2D eigenvalue weighted by atomic mass is 16.2. The Morgan fingerprint density at radius 3 is 2.35 bits per heavy atom. The third kappa shape index (κ3) is 4.58. The number of rotatable bonds is 7. The summed E-state index contributed by atoms with van der Waals surface area (Å²) in [6, 6.07) is 16.9. The molecule has 1 aliphatic heterocycles. The summed E-state index contributed by atoms with van der Waals surface area (Å²) < 4.78 is 0. The van der Waals surface area contributed by atoms with E-state index in [0.717, 1.165) is 30.1 Å². The van der Waals surface area contributed by atoms with E-state index in [1.807, 2.05) is 12.1 Å². The predicted octanol–water partition coefficient (Wildman–Crippen LogP) is 3.31. The molecule has 0 bridgehead atoms. The lowest BCUT2D eigenvalue weighted by atomic mass is 10.0. The number of carbonyl (C=O) groups excluding carboxylic acids is 2. The zero-order chi connectivity index (χ0) is 18.4. The summed E-state index contributed by atoms with van der Waals surface area (Å²) in [5.74, 6) is -0.227. The van der Waals surface area contributed by atoms with E-state index in [1.165, 1.54) is 24.9 Å². The van der Waals surface area contributed by atoms with E-state index in [0.29, 0.717) is 11.8 Å². The second-order valence-electron chi connectivity index (χ2n) is 6.93. The molecule has 3 rings (SSSR count). The van der Waals surface area contributed by atoms with Crippen molar-refractivity contribution in [1.29, 1.82) is 0 Å². The number of carbonyl (C=O) groups is 2. The first-order chi connectivity index (χ1) is 12.7. The van der Waals surface area contributed by atoms with Gasteiger partial charge >= 0.3 is 0 Å². The van der Waals surface area contributed by atoms with Gasteiger partial charge in [-0.15, -0.1) is 0 Å². The molecular formula is C22H26N2O2. The van der Waals surface area contributed by atoms with Crippen molar-refractivity contribution < 1.29 is 9.59 Å².